The Kier molecular flexibility index (Phi) is 7.73. The van der Waals surface area contributed by atoms with Gasteiger partial charge in [0.1, 0.15) is 34.7 Å². The summed E-state index contributed by atoms with van der Waals surface area (Å²) >= 11 is 0. The molecule has 5 aromatic rings. The largest absolute Gasteiger partial charge is 0.478 e. The number of aromatic nitrogens is 3. The van der Waals surface area contributed by atoms with Crippen molar-refractivity contribution in [2.75, 3.05) is 5.32 Å². The van der Waals surface area contributed by atoms with Crippen molar-refractivity contribution in [3.8, 4) is 33.9 Å². The highest BCUT2D eigenvalue weighted by molar-refractivity contribution is 5.91. The number of carboxylic acid groups (broad SMARTS) is 1. The molecule has 0 aliphatic rings. The molecule has 0 aliphatic heterocycles. The average molecular weight is 553 g/mol. The summed E-state index contributed by atoms with van der Waals surface area (Å²) in [5, 5.41) is 20.3. The number of carboxylic acids is 1. The van der Waals surface area contributed by atoms with Gasteiger partial charge in [-0.15, -0.1) is 5.10 Å². The summed E-state index contributed by atoms with van der Waals surface area (Å²) in [5.41, 5.74) is 3.73. The van der Waals surface area contributed by atoms with Crippen molar-refractivity contribution in [1.29, 1.82) is 0 Å². The standard InChI is InChI=1S/C31H25FN4O5/c1-19(20-6-4-3-5-7-20)40-31(39)33-29-28(34-35-36(29)2)23-10-8-21(9-11-23)22-12-15-25(16-13-22)41-27-18-24(32)14-17-26(27)30(37)38/h3-19H,1-2H3,(H,33,39)(H,37,38). The maximum atomic E-state index is 13.6. The first-order valence-corrected chi connectivity index (χ1v) is 12.6. The number of carbonyl (C=O) groups excluding carboxylic acids is 1. The number of aromatic carboxylic acids is 1. The molecular weight excluding hydrogens is 527 g/mol. The van der Waals surface area contributed by atoms with Crippen LogP contribution in [0.4, 0.5) is 15.0 Å². The van der Waals surface area contributed by atoms with Crippen LogP contribution in [0.2, 0.25) is 0 Å². The van der Waals surface area contributed by atoms with Crippen molar-refractivity contribution in [2.45, 2.75) is 13.0 Å². The van der Waals surface area contributed by atoms with E-state index in [9.17, 15) is 19.1 Å². The van der Waals surface area contributed by atoms with E-state index in [2.05, 4.69) is 15.6 Å². The van der Waals surface area contributed by atoms with Crippen LogP contribution in [0.1, 0.15) is 28.9 Å². The zero-order valence-corrected chi connectivity index (χ0v) is 22.1. The van der Waals surface area contributed by atoms with Crippen LogP contribution in [0.25, 0.3) is 22.4 Å². The number of rotatable bonds is 8. The van der Waals surface area contributed by atoms with Gasteiger partial charge in [-0.05, 0) is 47.9 Å². The molecule has 0 radical (unpaired) electrons. The fourth-order valence-corrected chi connectivity index (χ4v) is 4.19. The zero-order valence-electron chi connectivity index (χ0n) is 22.1. The molecule has 1 unspecified atom stereocenters. The molecule has 1 atom stereocenters. The van der Waals surface area contributed by atoms with Gasteiger partial charge >= 0.3 is 12.1 Å². The third-order valence-corrected chi connectivity index (χ3v) is 6.35. The van der Waals surface area contributed by atoms with Gasteiger partial charge < -0.3 is 14.6 Å². The van der Waals surface area contributed by atoms with E-state index in [-0.39, 0.29) is 11.3 Å². The number of nitrogens with one attached hydrogen (secondary N) is 1. The summed E-state index contributed by atoms with van der Waals surface area (Å²) in [7, 11) is 1.67. The summed E-state index contributed by atoms with van der Waals surface area (Å²) in [6.07, 6.45) is -1.06. The monoisotopic (exact) mass is 552 g/mol. The summed E-state index contributed by atoms with van der Waals surface area (Å²) in [5.74, 6) is -1.13. The molecule has 1 aromatic heterocycles. The molecule has 0 fully saturated rings. The molecule has 10 heteroatoms. The molecule has 5 rings (SSSR count). The van der Waals surface area contributed by atoms with E-state index in [0.717, 1.165) is 40.5 Å². The molecule has 0 bridgehead atoms. The van der Waals surface area contributed by atoms with Gasteiger partial charge in [0.25, 0.3) is 0 Å². The highest BCUT2D eigenvalue weighted by atomic mass is 19.1. The Labute approximate surface area is 234 Å². The number of amides is 1. The number of anilines is 1. The van der Waals surface area contributed by atoms with Gasteiger partial charge in [-0.3, -0.25) is 5.32 Å². The molecule has 9 nitrogen and oxygen atoms in total. The van der Waals surface area contributed by atoms with Gasteiger partial charge in [0, 0.05) is 18.7 Å². The Morgan fingerprint density at radius 1 is 0.902 bits per heavy atom. The third-order valence-electron chi connectivity index (χ3n) is 6.35. The number of ether oxygens (including phenoxy) is 2. The maximum Gasteiger partial charge on any atom is 0.413 e. The minimum Gasteiger partial charge on any atom is -0.478 e. The summed E-state index contributed by atoms with van der Waals surface area (Å²) in [6, 6.07) is 27.2. The van der Waals surface area contributed by atoms with Gasteiger partial charge in [-0.25, -0.2) is 18.7 Å². The topological polar surface area (TPSA) is 116 Å². The normalized spacial score (nSPS) is 11.5. The molecule has 2 N–H and O–H groups in total. The van der Waals surface area contributed by atoms with E-state index < -0.39 is 24.0 Å². The number of hydrogen-bond acceptors (Lipinski definition) is 6. The Balaban J connectivity index is 1.28. The molecule has 0 aliphatic carbocycles. The van der Waals surface area contributed by atoms with Crippen molar-refractivity contribution < 1.29 is 28.6 Å². The molecule has 0 saturated carbocycles. The van der Waals surface area contributed by atoms with Crippen LogP contribution in [0.3, 0.4) is 0 Å². The molecular formula is C31H25FN4O5. The number of benzene rings is 4. The van der Waals surface area contributed by atoms with E-state index >= 15 is 0 Å². The first-order valence-electron chi connectivity index (χ1n) is 12.6. The van der Waals surface area contributed by atoms with E-state index in [1.54, 1.807) is 26.1 Å². The van der Waals surface area contributed by atoms with Crippen molar-refractivity contribution in [1.82, 2.24) is 15.0 Å². The fourth-order valence-electron chi connectivity index (χ4n) is 4.19. The van der Waals surface area contributed by atoms with Crippen LogP contribution in [0, 0.1) is 5.82 Å². The lowest BCUT2D eigenvalue weighted by molar-refractivity contribution is 0.0694. The smallest absolute Gasteiger partial charge is 0.413 e. The number of aryl methyl sites for hydroxylation is 1. The predicted molar refractivity (Wildman–Crippen MR) is 150 cm³/mol. The summed E-state index contributed by atoms with van der Waals surface area (Å²) < 4.78 is 26.3. The minimum absolute atomic E-state index is 0.0820. The van der Waals surface area contributed by atoms with Crippen LogP contribution in [-0.2, 0) is 11.8 Å². The molecule has 0 spiro atoms. The second-order valence-electron chi connectivity index (χ2n) is 9.14. The minimum atomic E-state index is -1.21. The number of carbonyl (C=O) groups is 2. The van der Waals surface area contributed by atoms with Crippen LogP contribution in [0.15, 0.2) is 97.1 Å². The van der Waals surface area contributed by atoms with E-state index in [0.29, 0.717) is 17.3 Å². The van der Waals surface area contributed by atoms with Gasteiger partial charge in [-0.2, -0.15) is 0 Å². The van der Waals surface area contributed by atoms with Crippen LogP contribution in [-0.4, -0.2) is 32.2 Å². The van der Waals surface area contributed by atoms with Gasteiger partial charge in [0.2, 0.25) is 0 Å². The Hall–Kier alpha value is -5.51. The lowest BCUT2D eigenvalue weighted by atomic mass is 10.0. The average Bonchev–Trinajstić information content (AvgIpc) is 3.33. The molecule has 0 saturated heterocycles. The van der Waals surface area contributed by atoms with Crippen LogP contribution in [0.5, 0.6) is 11.5 Å². The third kappa shape index (κ3) is 6.22. The zero-order chi connectivity index (χ0) is 28.9. The molecule has 1 heterocycles. The molecule has 4 aromatic carbocycles. The molecule has 206 valence electrons. The number of nitrogens with zero attached hydrogens (tertiary/aromatic N) is 3. The van der Waals surface area contributed by atoms with Crippen molar-refractivity contribution in [3.63, 3.8) is 0 Å². The van der Waals surface area contributed by atoms with E-state index in [4.69, 9.17) is 9.47 Å². The van der Waals surface area contributed by atoms with Crippen molar-refractivity contribution >= 4 is 17.9 Å². The Bertz CT molecular complexity index is 1690. The summed E-state index contributed by atoms with van der Waals surface area (Å²) in [6.45, 7) is 1.80. The van der Waals surface area contributed by atoms with Gasteiger partial charge in [0.15, 0.2) is 5.82 Å². The quantitative estimate of drug-likeness (QED) is 0.211. The predicted octanol–water partition coefficient (Wildman–Crippen LogP) is 7.09. The van der Waals surface area contributed by atoms with Crippen molar-refractivity contribution in [2.24, 2.45) is 7.05 Å². The van der Waals surface area contributed by atoms with E-state index in [1.807, 2.05) is 66.7 Å². The molecule has 1 amide bonds. The SMILES string of the molecule is CC(OC(=O)Nc1c(-c2ccc(-c3ccc(Oc4cc(F)ccc4C(=O)O)cc3)cc2)nnn1C)c1ccccc1. The Morgan fingerprint density at radius 3 is 2.20 bits per heavy atom. The van der Waals surface area contributed by atoms with Gasteiger partial charge in [-0.1, -0.05) is 71.9 Å². The fraction of sp³-hybridized carbons (Fsp3) is 0.0968. The number of halogens is 1. The lowest BCUT2D eigenvalue weighted by Gasteiger charge is -2.14. The first-order chi connectivity index (χ1) is 19.8. The second-order valence-corrected chi connectivity index (χ2v) is 9.14. The van der Waals surface area contributed by atoms with E-state index in [1.165, 1.54) is 4.68 Å². The summed E-state index contributed by atoms with van der Waals surface area (Å²) in [4.78, 5) is 24.0. The lowest BCUT2D eigenvalue weighted by Crippen LogP contribution is -2.18. The van der Waals surface area contributed by atoms with Crippen LogP contribution < -0.4 is 10.1 Å². The maximum absolute atomic E-state index is 13.6. The highest BCUT2D eigenvalue weighted by Gasteiger charge is 2.19. The van der Waals surface area contributed by atoms with Gasteiger partial charge in [0.05, 0.1) is 0 Å². The van der Waals surface area contributed by atoms with Crippen molar-refractivity contribution in [3.05, 3.63) is 114 Å². The number of hydrogen-bond donors (Lipinski definition) is 2. The first kappa shape index (κ1) is 27.1. The molecule has 41 heavy (non-hydrogen) atoms. The second kappa shape index (κ2) is 11.7. The highest BCUT2D eigenvalue weighted by Crippen LogP contribution is 2.31. The Morgan fingerprint density at radius 2 is 1.54 bits per heavy atom. The van der Waals surface area contributed by atoms with Crippen LogP contribution >= 0.6 is 0 Å².